The number of nitrogens with one attached hydrogen (secondary N) is 3. The van der Waals surface area contributed by atoms with Crippen molar-refractivity contribution in [1.29, 1.82) is 0 Å². The topological polar surface area (TPSA) is 100 Å². The number of pyridine rings is 2. The summed E-state index contributed by atoms with van der Waals surface area (Å²) in [6, 6.07) is 8.29. The second kappa shape index (κ2) is 7.99. The molecule has 3 heterocycles. The van der Waals surface area contributed by atoms with Crippen LogP contribution in [0, 0.1) is 0 Å². The highest BCUT2D eigenvalue weighted by atomic mass is 19.4. The molecule has 0 saturated heterocycles. The van der Waals surface area contributed by atoms with Crippen LogP contribution >= 0.6 is 0 Å². The van der Waals surface area contributed by atoms with Crippen molar-refractivity contribution in [3.8, 4) is 11.5 Å². The Balaban J connectivity index is 1.58. The van der Waals surface area contributed by atoms with Gasteiger partial charge in [-0.2, -0.15) is 13.2 Å². The third kappa shape index (κ3) is 4.40. The van der Waals surface area contributed by atoms with Crippen molar-refractivity contribution >= 4 is 11.7 Å². The molecule has 0 fully saturated rings. The third-order valence-corrected chi connectivity index (χ3v) is 3.76. The van der Waals surface area contributed by atoms with Gasteiger partial charge in [0.25, 0.3) is 11.5 Å². The van der Waals surface area contributed by atoms with Crippen molar-refractivity contribution in [2.24, 2.45) is 0 Å². The SMILES string of the molecule is O=C(NCCNc1ncccc1C(F)(F)F)c1ccc(-c2ccco2)[nH]c1=O. The molecule has 0 aromatic carbocycles. The summed E-state index contributed by atoms with van der Waals surface area (Å²) in [6.45, 7) is -0.0136. The fourth-order valence-corrected chi connectivity index (χ4v) is 2.46. The second-order valence-corrected chi connectivity index (χ2v) is 5.67. The number of rotatable bonds is 6. The number of H-pyrrole nitrogens is 1. The maximum absolute atomic E-state index is 12.9. The van der Waals surface area contributed by atoms with Gasteiger partial charge in [-0.25, -0.2) is 4.98 Å². The Morgan fingerprint density at radius 3 is 2.64 bits per heavy atom. The van der Waals surface area contributed by atoms with Crippen molar-refractivity contribution < 1.29 is 22.4 Å². The first-order chi connectivity index (χ1) is 13.4. The third-order valence-electron chi connectivity index (χ3n) is 3.76. The van der Waals surface area contributed by atoms with E-state index in [1.54, 1.807) is 12.1 Å². The van der Waals surface area contributed by atoms with E-state index in [1.165, 1.54) is 30.7 Å². The first-order valence-corrected chi connectivity index (χ1v) is 8.18. The Kier molecular flexibility index (Phi) is 5.48. The molecule has 10 heteroatoms. The van der Waals surface area contributed by atoms with E-state index in [9.17, 15) is 22.8 Å². The molecule has 3 rings (SSSR count). The number of anilines is 1. The Labute approximate surface area is 156 Å². The van der Waals surface area contributed by atoms with Crippen molar-refractivity contribution in [1.82, 2.24) is 15.3 Å². The van der Waals surface area contributed by atoms with Crippen LogP contribution in [0.4, 0.5) is 19.0 Å². The normalized spacial score (nSPS) is 11.2. The van der Waals surface area contributed by atoms with E-state index < -0.39 is 23.2 Å². The highest BCUT2D eigenvalue weighted by molar-refractivity contribution is 5.94. The molecular weight excluding hydrogens is 377 g/mol. The number of halogens is 3. The van der Waals surface area contributed by atoms with Gasteiger partial charge in [0.15, 0.2) is 0 Å². The van der Waals surface area contributed by atoms with Crippen molar-refractivity contribution in [3.05, 3.63) is 70.3 Å². The fraction of sp³-hybridized carbons (Fsp3) is 0.167. The van der Waals surface area contributed by atoms with Crippen molar-refractivity contribution in [3.63, 3.8) is 0 Å². The average molecular weight is 392 g/mol. The van der Waals surface area contributed by atoms with E-state index >= 15 is 0 Å². The van der Waals surface area contributed by atoms with Gasteiger partial charge in [-0.15, -0.1) is 0 Å². The largest absolute Gasteiger partial charge is 0.463 e. The number of nitrogens with zero attached hydrogens (tertiary/aromatic N) is 1. The minimum Gasteiger partial charge on any atom is -0.463 e. The van der Waals surface area contributed by atoms with Crippen LogP contribution in [0.15, 0.2) is 58.1 Å². The van der Waals surface area contributed by atoms with E-state index in [4.69, 9.17) is 4.42 Å². The molecule has 7 nitrogen and oxygen atoms in total. The highest BCUT2D eigenvalue weighted by Crippen LogP contribution is 2.33. The predicted molar refractivity (Wildman–Crippen MR) is 94.8 cm³/mol. The van der Waals surface area contributed by atoms with Gasteiger partial charge < -0.3 is 20.0 Å². The standard InChI is InChI=1S/C18H15F3N4O3/c19-18(20,21)12-3-1-7-22-15(12)23-8-9-24-16(26)11-5-6-13(25-17(11)27)14-4-2-10-28-14/h1-7,10H,8-9H2,(H,22,23)(H,24,26)(H,25,27). The number of aromatic nitrogens is 2. The van der Waals surface area contributed by atoms with Crippen LogP contribution in [0.2, 0.25) is 0 Å². The van der Waals surface area contributed by atoms with Crippen LogP contribution in [-0.2, 0) is 6.18 Å². The van der Waals surface area contributed by atoms with Gasteiger partial charge in [0, 0.05) is 19.3 Å². The lowest BCUT2D eigenvalue weighted by atomic mass is 10.2. The summed E-state index contributed by atoms with van der Waals surface area (Å²) in [5.41, 5.74) is -1.21. The molecule has 0 spiro atoms. The summed E-state index contributed by atoms with van der Waals surface area (Å²) in [5.74, 6) is -0.528. The zero-order valence-corrected chi connectivity index (χ0v) is 14.3. The van der Waals surface area contributed by atoms with E-state index in [0.717, 1.165) is 6.07 Å². The van der Waals surface area contributed by atoms with E-state index in [2.05, 4.69) is 20.6 Å². The van der Waals surface area contributed by atoms with E-state index in [0.29, 0.717) is 11.5 Å². The molecule has 0 saturated carbocycles. The van der Waals surface area contributed by atoms with Crippen molar-refractivity contribution in [2.45, 2.75) is 6.18 Å². The lowest BCUT2D eigenvalue weighted by Gasteiger charge is -2.13. The molecule has 3 aromatic rings. The summed E-state index contributed by atoms with van der Waals surface area (Å²) < 4.78 is 43.8. The van der Waals surface area contributed by atoms with E-state index in [-0.39, 0.29) is 24.5 Å². The van der Waals surface area contributed by atoms with E-state index in [1.807, 2.05) is 0 Å². The van der Waals surface area contributed by atoms with Crippen LogP contribution in [0.1, 0.15) is 15.9 Å². The second-order valence-electron chi connectivity index (χ2n) is 5.67. The highest BCUT2D eigenvalue weighted by Gasteiger charge is 2.33. The molecule has 0 bridgehead atoms. The lowest BCUT2D eigenvalue weighted by Crippen LogP contribution is -2.33. The summed E-state index contributed by atoms with van der Waals surface area (Å²) in [4.78, 5) is 30.4. The Hall–Kier alpha value is -3.56. The summed E-state index contributed by atoms with van der Waals surface area (Å²) in [6.07, 6.45) is -1.85. The molecule has 0 atom stereocenters. The number of hydrogen-bond donors (Lipinski definition) is 3. The molecule has 146 valence electrons. The maximum atomic E-state index is 12.9. The molecular formula is C18H15F3N4O3. The number of alkyl halides is 3. The summed E-state index contributed by atoms with van der Waals surface area (Å²) in [7, 11) is 0. The van der Waals surface area contributed by atoms with Gasteiger partial charge in [0.1, 0.15) is 17.1 Å². The molecule has 0 aliphatic carbocycles. The van der Waals surface area contributed by atoms with Gasteiger partial charge >= 0.3 is 6.18 Å². The quantitative estimate of drug-likeness (QED) is 0.560. The number of furan rings is 1. The van der Waals surface area contributed by atoms with Crippen LogP contribution in [0.5, 0.6) is 0 Å². The molecule has 0 aliphatic heterocycles. The van der Waals surface area contributed by atoms with Crippen LogP contribution in [0.25, 0.3) is 11.5 Å². The maximum Gasteiger partial charge on any atom is 0.419 e. The zero-order chi connectivity index (χ0) is 20.1. The number of aromatic amines is 1. The predicted octanol–water partition coefficient (Wildman–Crippen LogP) is 2.89. The minimum atomic E-state index is -4.54. The molecule has 28 heavy (non-hydrogen) atoms. The van der Waals surface area contributed by atoms with Crippen molar-refractivity contribution in [2.75, 3.05) is 18.4 Å². The Morgan fingerprint density at radius 1 is 1.14 bits per heavy atom. The Bertz CT molecular complexity index is 1010. The molecule has 0 unspecified atom stereocenters. The zero-order valence-electron chi connectivity index (χ0n) is 14.3. The number of carbonyl (C=O) groups is 1. The molecule has 3 N–H and O–H groups in total. The number of carbonyl (C=O) groups excluding carboxylic acids is 1. The monoisotopic (exact) mass is 392 g/mol. The molecule has 1 amide bonds. The molecule has 0 aliphatic rings. The average Bonchev–Trinajstić information content (AvgIpc) is 3.19. The smallest absolute Gasteiger partial charge is 0.419 e. The van der Waals surface area contributed by atoms with Gasteiger partial charge in [-0.3, -0.25) is 9.59 Å². The van der Waals surface area contributed by atoms with Crippen LogP contribution in [-0.4, -0.2) is 29.0 Å². The Morgan fingerprint density at radius 2 is 1.96 bits per heavy atom. The minimum absolute atomic E-state index is 0.00574. The van der Waals surface area contributed by atoms with Gasteiger partial charge in [0.2, 0.25) is 0 Å². The lowest BCUT2D eigenvalue weighted by molar-refractivity contribution is -0.137. The summed E-state index contributed by atoms with van der Waals surface area (Å²) >= 11 is 0. The molecule has 0 radical (unpaired) electrons. The number of amides is 1. The first kappa shape index (κ1) is 19.2. The number of hydrogen-bond acceptors (Lipinski definition) is 5. The summed E-state index contributed by atoms with van der Waals surface area (Å²) in [5, 5.41) is 4.99. The molecule has 3 aromatic heterocycles. The van der Waals surface area contributed by atoms with Crippen LogP contribution in [0.3, 0.4) is 0 Å². The fourth-order valence-electron chi connectivity index (χ4n) is 2.46. The first-order valence-electron chi connectivity index (χ1n) is 8.18. The van der Waals surface area contributed by atoms with Gasteiger partial charge in [0.05, 0.1) is 17.5 Å². The van der Waals surface area contributed by atoms with Crippen LogP contribution < -0.4 is 16.2 Å². The van der Waals surface area contributed by atoms with Gasteiger partial charge in [-0.05, 0) is 36.4 Å². The van der Waals surface area contributed by atoms with Gasteiger partial charge in [-0.1, -0.05) is 0 Å².